The van der Waals surface area contributed by atoms with Gasteiger partial charge in [-0.05, 0) is 40.2 Å². The lowest BCUT2D eigenvalue weighted by atomic mass is 9.90. The van der Waals surface area contributed by atoms with Crippen LogP contribution in [0.5, 0.6) is 5.75 Å². The number of nitrogens with zero attached hydrogens (tertiary/aromatic N) is 3. The van der Waals surface area contributed by atoms with Crippen LogP contribution in [-0.4, -0.2) is 52.4 Å². The van der Waals surface area contributed by atoms with Crippen molar-refractivity contribution in [1.82, 2.24) is 15.1 Å². The van der Waals surface area contributed by atoms with Gasteiger partial charge < -0.3 is 15.0 Å². The highest BCUT2D eigenvalue weighted by Gasteiger charge is 2.44. The second-order valence-corrected chi connectivity index (χ2v) is 7.69. The van der Waals surface area contributed by atoms with Crippen molar-refractivity contribution in [2.24, 2.45) is 0 Å². The lowest BCUT2D eigenvalue weighted by Gasteiger charge is -2.42. The highest BCUT2D eigenvalue weighted by atomic mass is 16.6. The SMILES string of the molecule is CCNC(=O)N(C)C1=C(N2CCCC2=O)c2c(ccc([N+](=O)[O-])c2C)OC1(C)C. The topological polar surface area (TPSA) is 105 Å². The average Bonchev–Trinajstić information content (AvgIpc) is 3.05. The average molecular weight is 402 g/mol. The van der Waals surface area contributed by atoms with Crippen molar-refractivity contribution in [2.45, 2.75) is 46.1 Å². The van der Waals surface area contributed by atoms with Crippen molar-refractivity contribution in [3.05, 3.63) is 39.1 Å². The Balaban J connectivity index is 2.35. The molecular formula is C20H26N4O5. The number of hydrogen-bond acceptors (Lipinski definition) is 5. The van der Waals surface area contributed by atoms with Crippen molar-refractivity contribution in [3.63, 3.8) is 0 Å². The third-order valence-corrected chi connectivity index (χ3v) is 5.30. The maximum atomic E-state index is 12.7. The molecule has 9 heteroatoms. The molecule has 29 heavy (non-hydrogen) atoms. The Hall–Kier alpha value is -3.10. The van der Waals surface area contributed by atoms with Crippen LogP contribution in [-0.2, 0) is 4.79 Å². The minimum atomic E-state index is -0.937. The van der Waals surface area contributed by atoms with Crippen molar-refractivity contribution in [2.75, 3.05) is 20.1 Å². The standard InChI is InChI=1S/C20H26N4O5/c1-6-21-19(26)22(5)18-17(23-11-7-8-15(23)25)16-12(2)13(24(27)28)9-10-14(16)29-20(18,3)4/h9-10H,6-8,11H2,1-5H3,(H,21,26). The molecular weight excluding hydrogens is 376 g/mol. The van der Waals surface area contributed by atoms with E-state index in [9.17, 15) is 19.7 Å². The first-order chi connectivity index (χ1) is 13.6. The summed E-state index contributed by atoms with van der Waals surface area (Å²) in [7, 11) is 1.61. The quantitative estimate of drug-likeness (QED) is 0.616. The molecule has 1 aromatic rings. The minimum Gasteiger partial charge on any atom is -0.481 e. The van der Waals surface area contributed by atoms with Crippen LogP contribution < -0.4 is 10.1 Å². The van der Waals surface area contributed by atoms with Crippen molar-refractivity contribution >= 4 is 23.3 Å². The second-order valence-electron chi connectivity index (χ2n) is 7.69. The summed E-state index contributed by atoms with van der Waals surface area (Å²) in [4.78, 5) is 39.5. The molecule has 0 aromatic heterocycles. The molecule has 1 aromatic carbocycles. The summed E-state index contributed by atoms with van der Waals surface area (Å²) in [6.45, 7) is 8.02. The number of nitro benzene ring substituents is 1. The van der Waals surface area contributed by atoms with Gasteiger partial charge in [0.05, 0.1) is 21.9 Å². The molecule has 0 aliphatic carbocycles. The van der Waals surface area contributed by atoms with Gasteiger partial charge in [0.25, 0.3) is 5.69 Å². The van der Waals surface area contributed by atoms with Crippen LogP contribution in [0.3, 0.4) is 0 Å². The fourth-order valence-electron chi connectivity index (χ4n) is 4.06. The largest absolute Gasteiger partial charge is 0.481 e. The number of nitro groups is 1. The third kappa shape index (κ3) is 3.41. The predicted molar refractivity (Wildman–Crippen MR) is 107 cm³/mol. The molecule has 0 saturated carbocycles. The number of rotatable bonds is 4. The fraction of sp³-hybridized carbons (Fsp3) is 0.500. The summed E-state index contributed by atoms with van der Waals surface area (Å²) < 4.78 is 6.18. The fourth-order valence-corrected chi connectivity index (χ4v) is 4.06. The van der Waals surface area contributed by atoms with Gasteiger partial charge in [-0.1, -0.05) is 0 Å². The van der Waals surface area contributed by atoms with Crippen LogP contribution in [0.4, 0.5) is 10.5 Å². The van der Waals surface area contributed by atoms with Crippen LogP contribution in [0, 0.1) is 17.0 Å². The van der Waals surface area contributed by atoms with E-state index in [-0.39, 0.29) is 17.6 Å². The van der Waals surface area contributed by atoms with E-state index in [1.165, 1.54) is 11.0 Å². The molecule has 1 saturated heterocycles. The number of amides is 3. The first-order valence-electron chi connectivity index (χ1n) is 9.64. The summed E-state index contributed by atoms with van der Waals surface area (Å²) in [5, 5.41) is 14.3. The van der Waals surface area contributed by atoms with Gasteiger partial charge in [0.1, 0.15) is 11.4 Å². The molecule has 2 heterocycles. The zero-order valence-electron chi connectivity index (χ0n) is 17.4. The molecule has 0 unspecified atom stereocenters. The van der Waals surface area contributed by atoms with Gasteiger partial charge in [-0.2, -0.15) is 0 Å². The van der Waals surface area contributed by atoms with Crippen molar-refractivity contribution in [3.8, 4) is 5.75 Å². The highest BCUT2D eigenvalue weighted by Crippen LogP contribution is 2.47. The molecule has 9 nitrogen and oxygen atoms in total. The lowest BCUT2D eigenvalue weighted by molar-refractivity contribution is -0.385. The Labute approximate surface area is 169 Å². The summed E-state index contributed by atoms with van der Waals surface area (Å²) in [6, 6.07) is 2.63. The van der Waals surface area contributed by atoms with Gasteiger partial charge >= 0.3 is 6.03 Å². The van der Waals surface area contributed by atoms with Crippen LogP contribution in [0.2, 0.25) is 0 Å². The van der Waals surface area contributed by atoms with Crippen LogP contribution >= 0.6 is 0 Å². The predicted octanol–water partition coefficient (Wildman–Crippen LogP) is 3.03. The molecule has 0 spiro atoms. The lowest BCUT2D eigenvalue weighted by Crippen LogP contribution is -2.49. The molecule has 2 aliphatic rings. The number of benzene rings is 1. The summed E-state index contributed by atoms with van der Waals surface area (Å²) in [6.07, 6.45) is 1.08. The Morgan fingerprint density at radius 1 is 1.41 bits per heavy atom. The minimum absolute atomic E-state index is 0.0591. The van der Waals surface area contributed by atoms with E-state index in [0.717, 1.165) is 0 Å². The number of likely N-dealkylation sites (tertiary alicyclic amines) is 1. The second kappa shape index (κ2) is 7.38. The Bertz CT molecular complexity index is 922. The zero-order chi connectivity index (χ0) is 21.5. The van der Waals surface area contributed by atoms with Crippen molar-refractivity contribution in [1.29, 1.82) is 0 Å². The normalized spacial score (nSPS) is 17.7. The number of ether oxygens (including phenoxy) is 1. The van der Waals surface area contributed by atoms with Gasteiger partial charge in [-0.3, -0.25) is 19.8 Å². The zero-order valence-corrected chi connectivity index (χ0v) is 17.4. The van der Waals surface area contributed by atoms with Gasteiger partial charge in [-0.15, -0.1) is 0 Å². The number of carbonyl (C=O) groups excluding carboxylic acids is 2. The monoisotopic (exact) mass is 402 g/mol. The molecule has 1 fully saturated rings. The van der Waals surface area contributed by atoms with Crippen LogP contribution in [0.1, 0.15) is 44.7 Å². The number of likely N-dealkylation sites (N-methyl/N-ethyl adjacent to an activating group) is 1. The molecule has 0 bridgehead atoms. The Morgan fingerprint density at radius 3 is 2.66 bits per heavy atom. The van der Waals surface area contributed by atoms with E-state index in [2.05, 4.69) is 5.32 Å². The smallest absolute Gasteiger partial charge is 0.321 e. The summed E-state index contributed by atoms with van der Waals surface area (Å²) in [5.74, 6) is 0.386. The first-order valence-corrected chi connectivity index (χ1v) is 9.64. The third-order valence-electron chi connectivity index (χ3n) is 5.30. The molecule has 3 amide bonds. The first kappa shape index (κ1) is 20.6. The van der Waals surface area contributed by atoms with E-state index in [1.54, 1.807) is 24.9 Å². The van der Waals surface area contributed by atoms with Gasteiger partial charge in [0, 0.05) is 38.2 Å². The number of fused-ring (bicyclic) bond motifs is 1. The highest BCUT2D eigenvalue weighted by molar-refractivity contribution is 5.94. The van der Waals surface area contributed by atoms with Crippen molar-refractivity contribution < 1.29 is 19.2 Å². The van der Waals surface area contributed by atoms with Crippen LogP contribution in [0.15, 0.2) is 17.8 Å². The van der Waals surface area contributed by atoms with E-state index < -0.39 is 10.5 Å². The Morgan fingerprint density at radius 2 is 2.10 bits per heavy atom. The molecule has 0 radical (unpaired) electrons. The maximum Gasteiger partial charge on any atom is 0.321 e. The Kier molecular flexibility index (Phi) is 5.25. The number of hydrogen-bond donors (Lipinski definition) is 1. The molecule has 2 aliphatic heterocycles. The summed E-state index contributed by atoms with van der Waals surface area (Å²) >= 11 is 0. The van der Waals surface area contributed by atoms with Gasteiger partial charge in [0.15, 0.2) is 0 Å². The van der Waals surface area contributed by atoms with E-state index in [0.29, 0.717) is 54.2 Å². The molecule has 1 N–H and O–H groups in total. The van der Waals surface area contributed by atoms with E-state index in [1.807, 2.05) is 20.8 Å². The maximum absolute atomic E-state index is 12.7. The summed E-state index contributed by atoms with van der Waals surface area (Å²) in [5.41, 5.74) is 0.896. The number of carbonyl (C=O) groups is 2. The van der Waals surface area contributed by atoms with Gasteiger partial charge in [0.2, 0.25) is 5.91 Å². The number of urea groups is 1. The number of nitrogens with one attached hydrogen (secondary N) is 1. The molecule has 0 atom stereocenters. The van der Waals surface area contributed by atoms with Gasteiger partial charge in [-0.25, -0.2) is 4.79 Å². The van der Waals surface area contributed by atoms with Crippen LogP contribution in [0.25, 0.3) is 5.70 Å². The van der Waals surface area contributed by atoms with E-state index >= 15 is 0 Å². The van der Waals surface area contributed by atoms with E-state index in [4.69, 9.17) is 4.74 Å². The molecule has 156 valence electrons. The molecule has 3 rings (SSSR count).